The first kappa shape index (κ1) is 14.5. The molecule has 7 nitrogen and oxygen atoms in total. The number of carbonyl (C=O) groups excluding carboxylic acids is 1. The predicted octanol–water partition coefficient (Wildman–Crippen LogP) is 0.176. The van der Waals surface area contributed by atoms with E-state index in [1.165, 1.54) is 12.8 Å². The number of aryl methyl sites for hydroxylation is 1. The lowest BCUT2D eigenvalue weighted by atomic mass is 9.90. The van der Waals surface area contributed by atoms with Crippen molar-refractivity contribution in [1.29, 1.82) is 0 Å². The Kier molecular flexibility index (Phi) is 3.95. The SMILES string of the molecule is Cc1n[nH]nc1C(=O)N1CCC(O)(CN2CCCC2)CC1. The highest BCUT2D eigenvalue weighted by Gasteiger charge is 2.36. The topological polar surface area (TPSA) is 85.3 Å². The summed E-state index contributed by atoms with van der Waals surface area (Å²) in [7, 11) is 0. The van der Waals surface area contributed by atoms with Crippen molar-refractivity contribution in [3.05, 3.63) is 11.4 Å². The van der Waals surface area contributed by atoms with E-state index in [0.717, 1.165) is 19.6 Å². The number of piperidine rings is 1. The van der Waals surface area contributed by atoms with E-state index in [9.17, 15) is 9.90 Å². The highest BCUT2D eigenvalue weighted by atomic mass is 16.3. The van der Waals surface area contributed by atoms with E-state index in [1.807, 2.05) is 0 Å². The number of hydrogen-bond acceptors (Lipinski definition) is 5. The summed E-state index contributed by atoms with van der Waals surface area (Å²) >= 11 is 0. The fraction of sp³-hybridized carbons (Fsp3) is 0.786. The smallest absolute Gasteiger partial charge is 0.276 e. The lowest BCUT2D eigenvalue weighted by Crippen LogP contribution is -2.51. The zero-order valence-corrected chi connectivity index (χ0v) is 12.5. The Balaban J connectivity index is 1.57. The third kappa shape index (κ3) is 3.08. The van der Waals surface area contributed by atoms with Crippen molar-refractivity contribution in [2.45, 2.75) is 38.2 Å². The summed E-state index contributed by atoms with van der Waals surface area (Å²) in [5.74, 6) is -0.0931. The summed E-state index contributed by atoms with van der Waals surface area (Å²) in [5.41, 5.74) is 0.359. The number of aliphatic hydroxyl groups is 1. The van der Waals surface area contributed by atoms with Gasteiger partial charge in [0.2, 0.25) is 0 Å². The summed E-state index contributed by atoms with van der Waals surface area (Å²) in [5, 5.41) is 21.0. The summed E-state index contributed by atoms with van der Waals surface area (Å²) in [4.78, 5) is 16.4. The Hall–Kier alpha value is -1.47. The largest absolute Gasteiger partial charge is 0.388 e. The zero-order valence-electron chi connectivity index (χ0n) is 12.5. The monoisotopic (exact) mass is 293 g/mol. The molecule has 21 heavy (non-hydrogen) atoms. The third-order valence-corrected chi connectivity index (χ3v) is 4.62. The maximum absolute atomic E-state index is 12.3. The van der Waals surface area contributed by atoms with Crippen LogP contribution in [0, 0.1) is 6.92 Å². The summed E-state index contributed by atoms with van der Waals surface area (Å²) < 4.78 is 0. The molecule has 1 aromatic heterocycles. The maximum atomic E-state index is 12.3. The Morgan fingerprint density at radius 3 is 2.48 bits per heavy atom. The van der Waals surface area contributed by atoms with Crippen LogP contribution >= 0.6 is 0 Å². The van der Waals surface area contributed by atoms with Crippen molar-refractivity contribution < 1.29 is 9.90 Å². The Labute approximate surface area is 124 Å². The maximum Gasteiger partial charge on any atom is 0.276 e. The van der Waals surface area contributed by atoms with Crippen LogP contribution < -0.4 is 0 Å². The van der Waals surface area contributed by atoms with Crippen molar-refractivity contribution in [1.82, 2.24) is 25.2 Å². The van der Waals surface area contributed by atoms with Gasteiger partial charge in [0, 0.05) is 19.6 Å². The van der Waals surface area contributed by atoms with E-state index in [2.05, 4.69) is 20.3 Å². The number of nitrogens with zero attached hydrogens (tertiary/aromatic N) is 4. The highest BCUT2D eigenvalue weighted by Crippen LogP contribution is 2.25. The molecule has 0 unspecified atom stereocenters. The first-order valence-electron chi connectivity index (χ1n) is 7.69. The number of aromatic amines is 1. The minimum Gasteiger partial charge on any atom is -0.388 e. The molecule has 2 N–H and O–H groups in total. The molecule has 1 aromatic rings. The Bertz CT molecular complexity index is 501. The van der Waals surface area contributed by atoms with Gasteiger partial charge in [0.25, 0.3) is 5.91 Å². The third-order valence-electron chi connectivity index (χ3n) is 4.62. The van der Waals surface area contributed by atoms with Gasteiger partial charge in [0.15, 0.2) is 5.69 Å². The number of nitrogens with one attached hydrogen (secondary N) is 1. The van der Waals surface area contributed by atoms with E-state index in [4.69, 9.17) is 0 Å². The molecule has 2 aliphatic rings. The molecule has 3 rings (SSSR count). The van der Waals surface area contributed by atoms with E-state index < -0.39 is 5.60 Å². The Morgan fingerprint density at radius 2 is 1.90 bits per heavy atom. The van der Waals surface area contributed by atoms with Gasteiger partial charge in [0.05, 0.1) is 11.3 Å². The molecule has 0 bridgehead atoms. The van der Waals surface area contributed by atoms with Gasteiger partial charge in [-0.1, -0.05) is 0 Å². The second-order valence-corrected chi connectivity index (χ2v) is 6.26. The first-order valence-corrected chi connectivity index (χ1v) is 7.69. The van der Waals surface area contributed by atoms with Crippen LogP contribution in [0.1, 0.15) is 41.9 Å². The highest BCUT2D eigenvalue weighted by molar-refractivity contribution is 5.93. The average molecular weight is 293 g/mol. The van der Waals surface area contributed by atoms with Crippen LogP contribution in [0.5, 0.6) is 0 Å². The van der Waals surface area contributed by atoms with Crippen LogP contribution in [0.2, 0.25) is 0 Å². The molecule has 7 heteroatoms. The van der Waals surface area contributed by atoms with Crippen LogP contribution in [0.25, 0.3) is 0 Å². The second-order valence-electron chi connectivity index (χ2n) is 6.26. The molecular weight excluding hydrogens is 270 g/mol. The molecule has 1 amide bonds. The van der Waals surface area contributed by atoms with Gasteiger partial charge >= 0.3 is 0 Å². The molecule has 0 atom stereocenters. The second kappa shape index (κ2) is 5.73. The van der Waals surface area contributed by atoms with Gasteiger partial charge in [-0.25, -0.2) is 0 Å². The number of likely N-dealkylation sites (tertiary alicyclic amines) is 2. The fourth-order valence-corrected chi connectivity index (χ4v) is 3.28. The normalized spacial score (nSPS) is 22.7. The van der Waals surface area contributed by atoms with Crippen molar-refractivity contribution >= 4 is 5.91 Å². The molecule has 0 saturated carbocycles. The number of carbonyl (C=O) groups is 1. The van der Waals surface area contributed by atoms with Gasteiger partial charge in [-0.05, 0) is 45.7 Å². The van der Waals surface area contributed by atoms with E-state index in [0.29, 0.717) is 37.3 Å². The molecule has 2 aliphatic heterocycles. The minimum atomic E-state index is -0.653. The quantitative estimate of drug-likeness (QED) is 0.830. The molecular formula is C14H23N5O2. The molecule has 0 aromatic carbocycles. The van der Waals surface area contributed by atoms with Gasteiger partial charge in [-0.3, -0.25) is 4.79 Å². The number of hydrogen-bond donors (Lipinski definition) is 2. The molecule has 2 saturated heterocycles. The number of β-amino-alcohol motifs (C(OH)–C–C–N with tert-alkyl or cyclic N) is 1. The summed E-state index contributed by atoms with van der Waals surface area (Å²) in [6, 6.07) is 0. The van der Waals surface area contributed by atoms with Crippen molar-refractivity contribution in [3.8, 4) is 0 Å². The standard InChI is InChI=1S/C14H23N5O2/c1-11-12(16-17-15-11)13(20)19-8-4-14(21,5-9-19)10-18-6-2-3-7-18/h21H,2-10H2,1H3,(H,15,16,17). The van der Waals surface area contributed by atoms with Gasteiger partial charge in [0.1, 0.15) is 0 Å². The molecule has 0 aliphatic carbocycles. The molecule has 0 radical (unpaired) electrons. The zero-order chi connectivity index (χ0) is 14.9. The van der Waals surface area contributed by atoms with Crippen molar-refractivity contribution in [2.75, 3.05) is 32.7 Å². The first-order chi connectivity index (χ1) is 10.1. The molecule has 3 heterocycles. The van der Waals surface area contributed by atoms with Gasteiger partial charge in [-0.2, -0.15) is 15.4 Å². The van der Waals surface area contributed by atoms with E-state index >= 15 is 0 Å². The minimum absolute atomic E-state index is 0.0931. The van der Waals surface area contributed by atoms with Crippen LogP contribution in [0.4, 0.5) is 0 Å². The molecule has 2 fully saturated rings. The van der Waals surface area contributed by atoms with Crippen LogP contribution in [-0.2, 0) is 0 Å². The van der Waals surface area contributed by atoms with E-state index in [-0.39, 0.29) is 5.91 Å². The van der Waals surface area contributed by atoms with Crippen molar-refractivity contribution in [2.24, 2.45) is 0 Å². The number of aromatic nitrogens is 3. The van der Waals surface area contributed by atoms with Crippen LogP contribution in [-0.4, -0.2) is 74.5 Å². The predicted molar refractivity (Wildman–Crippen MR) is 76.9 cm³/mol. The Morgan fingerprint density at radius 1 is 1.24 bits per heavy atom. The number of H-pyrrole nitrogens is 1. The summed E-state index contributed by atoms with van der Waals surface area (Å²) in [6.45, 7) is 5.83. The lowest BCUT2D eigenvalue weighted by molar-refractivity contribution is -0.0368. The van der Waals surface area contributed by atoms with Gasteiger partial charge < -0.3 is 14.9 Å². The van der Waals surface area contributed by atoms with Crippen molar-refractivity contribution in [3.63, 3.8) is 0 Å². The number of rotatable bonds is 3. The van der Waals surface area contributed by atoms with Crippen LogP contribution in [0.3, 0.4) is 0 Å². The number of amides is 1. The fourth-order valence-electron chi connectivity index (χ4n) is 3.28. The van der Waals surface area contributed by atoms with Crippen LogP contribution in [0.15, 0.2) is 0 Å². The van der Waals surface area contributed by atoms with E-state index in [1.54, 1.807) is 11.8 Å². The van der Waals surface area contributed by atoms with Gasteiger partial charge in [-0.15, -0.1) is 0 Å². The lowest BCUT2D eigenvalue weighted by Gasteiger charge is -2.40. The molecule has 116 valence electrons. The molecule has 0 spiro atoms. The average Bonchev–Trinajstić information content (AvgIpc) is 3.10. The summed E-state index contributed by atoms with van der Waals surface area (Å²) in [6.07, 6.45) is 3.72.